The molecule has 10 nitrogen and oxygen atoms in total. The van der Waals surface area contributed by atoms with Gasteiger partial charge in [-0.25, -0.2) is 43.9 Å². The van der Waals surface area contributed by atoms with E-state index in [1.807, 2.05) is 0 Å². The third-order valence-electron chi connectivity index (χ3n) is 6.91. The number of hydrogen-bond acceptors (Lipinski definition) is 10. The summed E-state index contributed by atoms with van der Waals surface area (Å²) in [6.07, 6.45) is -11.1. The molecule has 0 saturated heterocycles. The summed E-state index contributed by atoms with van der Waals surface area (Å²) in [5.41, 5.74) is -6.19. The lowest BCUT2D eigenvalue weighted by atomic mass is 10.1. The molecule has 0 heterocycles. The fourth-order valence-corrected chi connectivity index (χ4v) is 5.98. The maximum absolute atomic E-state index is 13.9. The Morgan fingerprint density at radius 1 is 0.441 bits per heavy atom. The van der Waals surface area contributed by atoms with Crippen LogP contribution in [0.2, 0.25) is 0 Å². The molecule has 0 amide bonds. The molecule has 0 atom stereocenters. The molecule has 0 aliphatic carbocycles. The van der Waals surface area contributed by atoms with Crippen molar-refractivity contribution in [2.75, 3.05) is 13.2 Å². The molecule has 28 heteroatoms. The average Bonchev–Trinajstić information content (AvgIpc) is 3.14. The first-order valence-corrected chi connectivity index (χ1v) is 17.7. The summed E-state index contributed by atoms with van der Waals surface area (Å²) in [5, 5.41) is 4.63. The van der Waals surface area contributed by atoms with Crippen LogP contribution in [0, 0.1) is 58.2 Å². The molecule has 0 aliphatic rings. The van der Waals surface area contributed by atoms with Crippen molar-refractivity contribution in [1.82, 2.24) is 0 Å². The Hall–Kier alpha value is -5.80. The molecule has 0 aromatic heterocycles. The van der Waals surface area contributed by atoms with Crippen molar-refractivity contribution in [3.8, 4) is 11.5 Å². The van der Waals surface area contributed by atoms with Gasteiger partial charge in [0, 0.05) is 17.5 Å². The standard InChI is InChI=1S/C31H14F16N2O8S2/c32-16-18(34)22(38)26(23(39)19(16)35)58(50,51)56-48-28(30(42,43)44)12-2-6-14(7-3-12)54-10-1-11-55-15-8-4-13(5-9-15)29(31(45,46)47)49-57-59(52,53)27-24(40)20(36)17(33)21(37)25(27)41/h2-9H,1,10-11H2. The molecule has 320 valence electrons. The van der Waals surface area contributed by atoms with Crippen LogP contribution in [-0.2, 0) is 28.8 Å². The zero-order chi connectivity index (χ0) is 44.4. The lowest BCUT2D eigenvalue weighted by Crippen LogP contribution is -2.25. The Balaban J connectivity index is 1.38. The van der Waals surface area contributed by atoms with Crippen LogP contribution in [0.4, 0.5) is 70.2 Å². The number of alkyl halides is 6. The van der Waals surface area contributed by atoms with Gasteiger partial charge >= 0.3 is 32.6 Å². The molecule has 0 radical (unpaired) electrons. The Labute approximate surface area is 318 Å². The molecule has 0 spiro atoms. The van der Waals surface area contributed by atoms with E-state index in [1.54, 1.807) is 0 Å². The number of oxime groups is 2. The van der Waals surface area contributed by atoms with E-state index in [0.717, 1.165) is 24.3 Å². The summed E-state index contributed by atoms with van der Waals surface area (Å²) >= 11 is 0. The monoisotopic (exact) mass is 910 g/mol. The van der Waals surface area contributed by atoms with Crippen LogP contribution in [-0.4, -0.2) is 53.8 Å². The summed E-state index contributed by atoms with van der Waals surface area (Å²) in [7, 11) is -12.3. The summed E-state index contributed by atoms with van der Waals surface area (Å²) in [4.78, 5) is -5.23. The molecule has 0 fully saturated rings. The number of halogens is 16. The van der Waals surface area contributed by atoms with Crippen LogP contribution >= 0.6 is 0 Å². The van der Waals surface area contributed by atoms with E-state index in [-0.39, 0.29) is 31.1 Å². The smallest absolute Gasteiger partial charge is 0.437 e. The van der Waals surface area contributed by atoms with Crippen LogP contribution in [0.3, 0.4) is 0 Å². The normalized spacial score (nSPS) is 13.1. The zero-order valence-electron chi connectivity index (χ0n) is 27.8. The van der Waals surface area contributed by atoms with Gasteiger partial charge in [0.15, 0.2) is 67.8 Å². The van der Waals surface area contributed by atoms with Crippen molar-refractivity contribution in [2.45, 2.75) is 28.6 Å². The molecule has 4 rings (SSSR count). The van der Waals surface area contributed by atoms with E-state index in [1.165, 1.54) is 0 Å². The van der Waals surface area contributed by atoms with E-state index >= 15 is 0 Å². The minimum Gasteiger partial charge on any atom is -0.493 e. The predicted octanol–water partition coefficient (Wildman–Crippen LogP) is 8.27. The fraction of sp³-hybridized carbons (Fsp3) is 0.161. The minimum atomic E-state index is -6.17. The molecular weight excluding hydrogens is 896 g/mol. The van der Waals surface area contributed by atoms with Crippen molar-refractivity contribution in [2.24, 2.45) is 10.3 Å². The third kappa shape index (κ3) is 10.1. The first-order chi connectivity index (χ1) is 27.2. The maximum atomic E-state index is 13.9. The molecule has 0 N–H and O–H groups in total. The molecule has 0 unspecified atom stereocenters. The van der Waals surface area contributed by atoms with Crippen molar-refractivity contribution in [3.05, 3.63) is 118 Å². The van der Waals surface area contributed by atoms with Gasteiger partial charge in [0.05, 0.1) is 13.2 Å². The van der Waals surface area contributed by atoms with Crippen LogP contribution in [0.1, 0.15) is 17.5 Å². The molecule has 4 aromatic rings. The van der Waals surface area contributed by atoms with Crippen molar-refractivity contribution in [3.63, 3.8) is 0 Å². The Bertz CT molecular complexity index is 2300. The highest BCUT2D eigenvalue weighted by atomic mass is 32.2. The Morgan fingerprint density at radius 3 is 0.949 bits per heavy atom. The van der Waals surface area contributed by atoms with Crippen molar-refractivity contribution in [1.29, 1.82) is 0 Å². The van der Waals surface area contributed by atoms with Gasteiger partial charge in [0.1, 0.15) is 11.5 Å². The SMILES string of the molecule is O=S(=O)(ON=C(c1ccc(OCCCOc2ccc(C(=NOS(=O)(=O)c3c(F)c(F)c(F)c(F)c3F)C(F)(F)F)cc2)cc1)C(F)(F)F)c1c(F)c(F)c(F)c(F)c1F. The van der Waals surface area contributed by atoms with Gasteiger partial charge in [-0.3, -0.25) is 8.57 Å². The predicted molar refractivity (Wildman–Crippen MR) is 163 cm³/mol. The number of ether oxygens (including phenoxy) is 2. The van der Waals surface area contributed by atoms with Crippen LogP contribution in [0.15, 0.2) is 68.6 Å². The molecule has 59 heavy (non-hydrogen) atoms. The van der Waals surface area contributed by atoms with E-state index < -0.39 is 123 Å². The van der Waals surface area contributed by atoms with Gasteiger partial charge in [-0.1, -0.05) is 10.3 Å². The average molecular weight is 911 g/mol. The first kappa shape index (κ1) is 45.9. The summed E-state index contributed by atoms with van der Waals surface area (Å²) in [6, 6.07) is 6.11. The lowest BCUT2D eigenvalue weighted by Gasteiger charge is -2.13. The van der Waals surface area contributed by atoms with Crippen LogP contribution in [0.25, 0.3) is 0 Å². The molecule has 4 aromatic carbocycles. The number of benzene rings is 4. The van der Waals surface area contributed by atoms with E-state index in [4.69, 9.17) is 9.47 Å². The van der Waals surface area contributed by atoms with E-state index in [2.05, 4.69) is 18.9 Å². The maximum Gasteiger partial charge on any atom is 0.437 e. The van der Waals surface area contributed by atoms with Gasteiger partial charge < -0.3 is 9.47 Å². The second-order valence-electron chi connectivity index (χ2n) is 10.8. The number of rotatable bonds is 14. The van der Waals surface area contributed by atoms with Crippen LogP contribution in [0.5, 0.6) is 11.5 Å². The van der Waals surface area contributed by atoms with Gasteiger partial charge in [0.2, 0.25) is 11.6 Å². The number of nitrogens with zero attached hydrogens (tertiary/aromatic N) is 2. The van der Waals surface area contributed by atoms with Gasteiger partial charge in [-0.05, 0) is 48.5 Å². The Kier molecular flexibility index (Phi) is 13.4. The summed E-state index contributed by atoms with van der Waals surface area (Å²) < 4.78 is 284. The quantitative estimate of drug-likeness (QED) is 0.0309. The van der Waals surface area contributed by atoms with Crippen molar-refractivity contribution >= 4 is 31.7 Å². The van der Waals surface area contributed by atoms with Gasteiger partial charge in [0.25, 0.3) is 0 Å². The summed E-state index contributed by atoms with van der Waals surface area (Å²) in [6.45, 7) is -0.499. The highest BCUT2D eigenvalue weighted by Crippen LogP contribution is 2.32. The highest BCUT2D eigenvalue weighted by Gasteiger charge is 2.42. The molecular formula is C31H14F16N2O8S2. The highest BCUT2D eigenvalue weighted by molar-refractivity contribution is 7.87. The lowest BCUT2D eigenvalue weighted by molar-refractivity contribution is -0.0606. The van der Waals surface area contributed by atoms with Crippen molar-refractivity contribution < 1.29 is 105 Å². The van der Waals surface area contributed by atoms with Gasteiger partial charge in [-0.2, -0.15) is 43.2 Å². The molecule has 0 saturated carbocycles. The van der Waals surface area contributed by atoms with Gasteiger partial charge in [-0.15, -0.1) is 0 Å². The van der Waals surface area contributed by atoms with E-state index in [0.29, 0.717) is 24.3 Å². The number of hydrogen-bond donors (Lipinski definition) is 0. The first-order valence-electron chi connectivity index (χ1n) is 14.9. The second kappa shape index (κ2) is 17.2. The fourth-order valence-electron chi connectivity index (χ4n) is 4.25. The Morgan fingerprint density at radius 2 is 0.695 bits per heavy atom. The summed E-state index contributed by atoms with van der Waals surface area (Å²) in [5.74, 6) is -28.5. The van der Waals surface area contributed by atoms with Crippen LogP contribution < -0.4 is 9.47 Å². The largest absolute Gasteiger partial charge is 0.493 e. The second-order valence-corrected chi connectivity index (χ2v) is 13.8. The topological polar surface area (TPSA) is 130 Å². The minimum absolute atomic E-state index is 0.0270. The molecule has 0 bridgehead atoms. The van der Waals surface area contributed by atoms with E-state index in [9.17, 15) is 87.1 Å². The molecule has 0 aliphatic heterocycles. The zero-order valence-corrected chi connectivity index (χ0v) is 29.4. The third-order valence-corrected chi connectivity index (χ3v) is 9.17.